The summed E-state index contributed by atoms with van der Waals surface area (Å²) in [5, 5.41) is 7.52. The molecule has 0 radical (unpaired) electrons. The van der Waals surface area contributed by atoms with Crippen LogP contribution in [-0.2, 0) is 5.41 Å². The number of hydrogen-bond donors (Lipinski definition) is 0. The fourth-order valence-electron chi connectivity index (χ4n) is 7.19. The van der Waals surface area contributed by atoms with E-state index in [0.717, 1.165) is 27.6 Å². The van der Waals surface area contributed by atoms with Crippen LogP contribution in [0.3, 0.4) is 0 Å². The first-order chi connectivity index (χ1) is 19.1. The van der Waals surface area contributed by atoms with E-state index in [9.17, 15) is 0 Å². The van der Waals surface area contributed by atoms with E-state index in [2.05, 4.69) is 122 Å². The Labute approximate surface area is 225 Å². The maximum atomic E-state index is 6.29. The van der Waals surface area contributed by atoms with E-state index in [0.29, 0.717) is 0 Å². The second kappa shape index (κ2) is 7.18. The zero-order chi connectivity index (χ0) is 25.9. The van der Waals surface area contributed by atoms with Gasteiger partial charge in [-0.15, -0.1) is 0 Å². The Balaban J connectivity index is 1.37. The van der Waals surface area contributed by atoms with Gasteiger partial charge >= 0.3 is 0 Å². The molecular weight excluding hydrogens is 474 g/mol. The van der Waals surface area contributed by atoms with Crippen molar-refractivity contribution in [1.29, 1.82) is 0 Å². The van der Waals surface area contributed by atoms with E-state index in [4.69, 9.17) is 4.42 Å². The molecule has 184 valence electrons. The van der Waals surface area contributed by atoms with Crippen molar-refractivity contribution >= 4 is 54.5 Å². The molecule has 1 aliphatic rings. The number of para-hydroxylation sites is 2. The molecule has 8 aromatic rings. The van der Waals surface area contributed by atoms with Crippen LogP contribution < -0.4 is 0 Å². The molecule has 0 unspecified atom stereocenters. The Morgan fingerprint density at radius 1 is 0.538 bits per heavy atom. The van der Waals surface area contributed by atoms with Crippen LogP contribution in [0.2, 0.25) is 0 Å². The largest absolute Gasteiger partial charge is 0.456 e. The van der Waals surface area contributed by atoms with Crippen molar-refractivity contribution in [3.05, 3.63) is 126 Å². The molecule has 0 saturated heterocycles. The normalized spacial score (nSPS) is 14.1. The number of fused-ring (bicyclic) bond motifs is 11. The van der Waals surface area contributed by atoms with Crippen molar-refractivity contribution in [2.45, 2.75) is 19.3 Å². The highest BCUT2D eigenvalue weighted by Crippen LogP contribution is 2.53. The first-order valence-electron chi connectivity index (χ1n) is 13.6. The summed E-state index contributed by atoms with van der Waals surface area (Å²) in [6, 6.07) is 42.0. The third kappa shape index (κ3) is 2.66. The lowest BCUT2D eigenvalue weighted by molar-refractivity contribution is 0.666. The Kier molecular flexibility index (Phi) is 3.89. The summed E-state index contributed by atoms with van der Waals surface area (Å²) in [5.41, 5.74) is 10.8. The third-order valence-corrected chi connectivity index (χ3v) is 8.95. The maximum Gasteiger partial charge on any atom is 0.137 e. The van der Waals surface area contributed by atoms with Crippen LogP contribution in [0.15, 0.2) is 120 Å². The van der Waals surface area contributed by atoms with Gasteiger partial charge in [-0.2, -0.15) is 0 Å². The minimum Gasteiger partial charge on any atom is -0.456 e. The molecule has 0 spiro atoms. The average Bonchev–Trinajstić information content (AvgIpc) is 3.57. The number of aromatic nitrogens is 1. The van der Waals surface area contributed by atoms with Gasteiger partial charge < -0.3 is 8.98 Å². The molecule has 2 heteroatoms. The zero-order valence-electron chi connectivity index (χ0n) is 21.8. The monoisotopic (exact) mass is 499 g/mol. The lowest BCUT2D eigenvalue weighted by Crippen LogP contribution is -2.15. The van der Waals surface area contributed by atoms with Gasteiger partial charge in [-0.1, -0.05) is 86.6 Å². The molecule has 2 nitrogen and oxygen atoms in total. The first kappa shape index (κ1) is 21.2. The molecule has 0 saturated carbocycles. The minimum atomic E-state index is -0.107. The zero-order valence-corrected chi connectivity index (χ0v) is 21.8. The van der Waals surface area contributed by atoms with Crippen LogP contribution in [0, 0.1) is 0 Å². The number of nitrogens with zero attached hydrogens (tertiary/aromatic N) is 1. The van der Waals surface area contributed by atoms with Crippen LogP contribution >= 0.6 is 0 Å². The van der Waals surface area contributed by atoms with E-state index >= 15 is 0 Å². The highest BCUT2D eigenvalue weighted by Gasteiger charge is 2.37. The fourth-order valence-corrected chi connectivity index (χ4v) is 7.19. The molecule has 1 aliphatic carbocycles. The second-order valence-electron chi connectivity index (χ2n) is 11.4. The molecule has 6 aromatic carbocycles. The second-order valence-corrected chi connectivity index (χ2v) is 11.4. The van der Waals surface area contributed by atoms with Crippen molar-refractivity contribution in [1.82, 2.24) is 4.57 Å². The van der Waals surface area contributed by atoms with E-state index in [1.807, 2.05) is 12.1 Å². The Morgan fingerprint density at radius 3 is 2.18 bits per heavy atom. The topological polar surface area (TPSA) is 18.1 Å². The van der Waals surface area contributed by atoms with Crippen LogP contribution in [0.25, 0.3) is 71.3 Å². The standard InChI is InChI=1S/C37H25NO/c1-37(2)31-21-33-30(20-29(31)28-17-15-22-9-3-4-10-24(22)36(28)37)25-11-5-7-13-32(25)38(33)23-16-18-27-26-12-6-8-14-34(26)39-35(27)19-23/h3-21H,1-2H3. The van der Waals surface area contributed by atoms with Gasteiger partial charge in [0, 0.05) is 38.7 Å². The molecule has 0 fully saturated rings. The number of rotatable bonds is 1. The summed E-state index contributed by atoms with van der Waals surface area (Å²) >= 11 is 0. The summed E-state index contributed by atoms with van der Waals surface area (Å²) in [5.74, 6) is 0. The molecule has 0 bridgehead atoms. The summed E-state index contributed by atoms with van der Waals surface area (Å²) in [6.07, 6.45) is 0. The first-order valence-corrected chi connectivity index (χ1v) is 13.6. The van der Waals surface area contributed by atoms with Crippen LogP contribution in [0.1, 0.15) is 25.0 Å². The fraction of sp³-hybridized carbons (Fsp3) is 0.0811. The molecule has 0 amide bonds. The van der Waals surface area contributed by atoms with Gasteiger partial charge in [-0.25, -0.2) is 0 Å². The predicted molar refractivity (Wildman–Crippen MR) is 163 cm³/mol. The van der Waals surface area contributed by atoms with E-state index in [-0.39, 0.29) is 5.41 Å². The van der Waals surface area contributed by atoms with Gasteiger partial charge in [0.25, 0.3) is 0 Å². The summed E-state index contributed by atoms with van der Waals surface area (Å²) < 4.78 is 8.70. The summed E-state index contributed by atoms with van der Waals surface area (Å²) in [7, 11) is 0. The van der Waals surface area contributed by atoms with Crippen LogP contribution in [0.4, 0.5) is 0 Å². The maximum absolute atomic E-state index is 6.29. The minimum absolute atomic E-state index is 0.107. The number of hydrogen-bond acceptors (Lipinski definition) is 1. The SMILES string of the molecule is CC1(C)c2cc3c(cc2-c2ccc4ccccc4c21)c1ccccc1n3-c1ccc2c(c1)oc1ccccc12. The number of benzene rings is 6. The van der Waals surface area contributed by atoms with Gasteiger partial charge in [0.2, 0.25) is 0 Å². The molecule has 39 heavy (non-hydrogen) atoms. The van der Waals surface area contributed by atoms with E-state index < -0.39 is 0 Å². The lowest BCUT2D eigenvalue weighted by atomic mass is 9.80. The quantitative estimate of drug-likeness (QED) is 0.220. The van der Waals surface area contributed by atoms with Gasteiger partial charge in [0.15, 0.2) is 0 Å². The smallest absolute Gasteiger partial charge is 0.137 e. The number of furan rings is 1. The molecule has 9 rings (SSSR count). The third-order valence-electron chi connectivity index (χ3n) is 8.95. The Morgan fingerprint density at radius 2 is 1.28 bits per heavy atom. The molecule has 2 heterocycles. The molecular formula is C37H25NO. The highest BCUT2D eigenvalue weighted by molar-refractivity contribution is 6.13. The summed E-state index contributed by atoms with van der Waals surface area (Å²) in [6.45, 7) is 4.76. The Bertz CT molecular complexity index is 2310. The predicted octanol–water partition coefficient (Wildman–Crippen LogP) is 10.1. The average molecular weight is 500 g/mol. The van der Waals surface area contributed by atoms with Crippen molar-refractivity contribution in [2.24, 2.45) is 0 Å². The highest BCUT2D eigenvalue weighted by atomic mass is 16.3. The summed E-state index contributed by atoms with van der Waals surface area (Å²) in [4.78, 5) is 0. The lowest BCUT2D eigenvalue weighted by Gasteiger charge is -2.23. The van der Waals surface area contributed by atoms with Crippen LogP contribution in [-0.4, -0.2) is 4.57 Å². The van der Waals surface area contributed by atoms with Gasteiger partial charge in [-0.05, 0) is 69.4 Å². The van der Waals surface area contributed by atoms with E-state index in [1.54, 1.807) is 0 Å². The van der Waals surface area contributed by atoms with Gasteiger partial charge in [0.1, 0.15) is 11.2 Å². The van der Waals surface area contributed by atoms with Crippen molar-refractivity contribution in [2.75, 3.05) is 0 Å². The van der Waals surface area contributed by atoms with Gasteiger partial charge in [0.05, 0.1) is 11.0 Å². The van der Waals surface area contributed by atoms with E-state index in [1.165, 1.54) is 54.8 Å². The van der Waals surface area contributed by atoms with Gasteiger partial charge in [-0.3, -0.25) is 0 Å². The molecule has 0 aliphatic heterocycles. The van der Waals surface area contributed by atoms with Crippen molar-refractivity contribution < 1.29 is 4.42 Å². The molecule has 0 N–H and O–H groups in total. The molecule has 0 atom stereocenters. The molecule has 2 aromatic heterocycles. The Hall–Kier alpha value is -4.82. The van der Waals surface area contributed by atoms with Crippen molar-refractivity contribution in [3.63, 3.8) is 0 Å². The van der Waals surface area contributed by atoms with Crippen LogP contribution in [0.5, 0.6) is 0 Å². The van der Waals surface area contributed by atoms with Crippen molar-refractivity contribution in [3.8, 4) is 16.8 Å².